The number of carbonyl (C=O) groups excluding carboxylic acids is 3. The number of hydrogen-bond donors (Lipinski definition) is 2. The minimum absolute atomic E-state index is 0.0184. The van der Waals surface area contributed by atoms with E-state index in [0.29, 0.717) is 17.1 Å². The number of methoxy groups -OCH3 is 1. The molecule has 2 aromatic rings. The smallest absolute Gasteiger partial charge is 0.293 e. The predicted molar refractivity (Wildman–Crippen MR) is 119 cm³/mol. The lowest BCUT2D eigenvalue weighted by atomic mass is 10.1. The Labute approximate surface area is 185 Å². The summed E-state index contributed by atoms with van der Waals surface area (Å²) in [6, 6.07) is 16.3. The molecule has 0 spiro atoms. The SMILES string of the molecule is COc1cccc(C=C2SC(=O)N(CCC(=O)N[C@@H](CO)Cc3ccccc3)C2=O)c1. The zero-order valence-corrected chi connectivity index (χ0v) is 17.9. The van der Waals surface area contributed by atoms with E-state index < -0.39 is 17.2 Å². The molecule has 31 heavy (non-hydrogen) atoms. The molecule has 0 bridgehead atoms. The minimum atomic E-state index is -0.433. The summed E-state index contributed by atoms with van der Waals surface area (Å²) in [6.45, 7) is -0.221. The molecule has 1 aliphatic rings. The zero-order chi connectivity index (χ0) is 22.2. The molecular formula is C23H24N2O5S. The molecule has 1 aliphatic heterocycles. The van der Waals surface area contributed by atoms with Gasteiger partial charge in [0.15, 0.2) is 0 Å². The van der Waals surface area contributed by atoms with E-state index >= 15 is 0 Å². The monoisotopic (exact) mass is 440 g/mol. The van der Waals surface area contributed by atoms with E-state index in [-0.39, 0.29) is 25.5 Å². The quantitative estimate of drug-likeness (QED) is 0.582. The average molecular weight is 441 g/mol. The lowest BCUT2D eigenvalue weighted by Crippen LogP contribution is -2.41. The van der Waals surface area contributed by atoms with Gasteiger partial charge in [0.25, 0.3) is 11.1 Å². The fourth-order valence-corrected chi connectivity index (χ4v) is 4.01. The van der Waals surface area contributed by atoms with Crippen molar-refractivity contribution in [3.05, 3.63) is 70.6 Å². The Morgan fingerprint density at radius 1 is 1.19 bits per heavy atom. The maximum absolute atomic E-state index is 12.6. The Morgan fingerprint density at radius 2 is 1.97 bits per heavy atom. The molecule has 0 aliphatic carbocycles. The van der Waals surface area contributed by atoms with Crippen molar-refractivity contribution in [3.63, 3.8) is 0 Å². The van der Waals surface area contributed by atoms with Crippen LogP contribution in [-0.4, -0.2) is 53.4 Å². The fourth-order valence-electron chi connectivity index (χ4n) is 3.15. The Kier molecular flexibility index (Phi) is 7.86. The van der Waals surface area contributed by atoms with Crippen LogP contribution in [0.3, 0.4) is 0 Å². The van der Waals surface area contributed by atoms with Crippen LogP contribution in [0, 0.1) is 0 Å². The number of benzene rings is 2. The topological polar surface area (TPSA) is 95.9 Å². The van der Waals surface area contributed by atoms with Crippen LogP contribution in [-0.2, 0) is 16.0 Å². The summed E-state index contributed by atoms with van der Waals surface area (Å²) in [5.41, 5.74) is 1.74. The van der Waals surface area contributed by atoms with Gasteiger partial charge in [-0.25, -0.2) is 0 Å². The fraction of sp³-hybridized carbons (Fsp3) is 0.261. The van der Waals surface area contributed by atoms with Gasteiger partial charge in [-0.1, -0.05) is 42.5 Å². The number of rotatable bonds is 9. The molecule has 8 heteroatoms. The van der Waals surface area contributed by atoms with Crippen LogP contribution in [0.5, 0.6) is 5.75 Å². The lowest BCUT2D eigenvalue weighted by molar-refractivity contribution is -0.124. The number of aliphatic hydroxyl groups is 1. The molecule has 0 saturated carbocycles. The summed E-state index contributed by atoms with van der Waals surface area (Å²) in [6.07, 6.45) is 2.10. The van der Waals surface area contributed by atoms with Gasteiger partial charge < -0.3 is 15.2 Å². The summed E-state index contributed by atoms with van der Waals surface area (Å²) in [5.74, 6) is -0.0991. The standard InChI is InChI=1S/C23H24N2O5S/c1-30-19-9-5-8-17(13-19)14-20-22(28)25(23(29)31-20)11-10-21(27)24-18(15-26)12-16-6-3-2-4-7-16/h2-9,13-14,18,26H,10-12,15H2,1H3,(H,24,27)/t18-/m1/s1. The van der Waals surface area contributed by atoms with Crippen LogP contribution in [0.1, 0.15) is 17.5 Å². The third-order valence-corrected chi connectivity index (χ3v) is 5.65. The van der Waals surface area contributed by atoms with Crippen LogP contribution in [0.15, 0.2) is 59.5 Å². The van der Waals surface area contributed by atoms with Crippen molar-refractivity contribution in [2.24, 2.45) is 0 Å². The largest absolute Gasteiger partial charge is 0.497 e. The number of hydrogen-bond acceptors (Lipinski definition) is 6. The van der Waals surface area contributed by atoms with Gasteiger partial charge in [-0.15, -0.1) is 0 Å². The molecule has 0 radical (unpaired) electrons. The van der Waals surface area contributed by atoms with E-state index in [9.17, 15) is 19.5 Å². The van der Waals surface area contributed by atoms with Crippen molar-refractivity contribution in [1.29, 1.82) is 0 Å². The molecular weight excluding hydrogens is 416 g/mol. The van der Waals surface area contributed by atoms with Gasteiger partial charge in [0.2, 0.25) is 5.91 Å². The zero-order valence-electron chi connectivity index (χ0n) is 17.1. The van der Waals surface area contributed by atoms with Crippen molar-refractivity contribution in [2.75, 3.05) is 20.3 Å². The summed E-state index contributed by atoms with van der Waals surface area (Å²) in [7, 11) is 1.55. The Hall–Kier alpha value is -3.10. The molecule has 1 fully saturated rings. The first-order chi connectivity index (χ1) is 15.0. The van der Waals surface area contributed by atoms with E-state index in [0.717, 1.165) is 27.8 Å². The van der Waals surface area contributed by atoms with Gasteiger partial charge >= 0.3 is 0 Å². The van der Waals surface area contributed by atoms with E-state index in [1.807, 2.05) is 36.4 Å². The van der Waals surface area contributed by atoms with E-state index in [1.54, 1.807) is 31.4 Å². The maximum atomic E-state index is 12.6. The third kappa shape index (κ3) is 6.19. The highest BCUT2D eigenvalue weighted by Crippen LogP contribution is 2.32. The molecule has 0 aromatic heterocycles. The Balaban J connectivity index is 1.55. The van der Waals surface area contributed by atoms with Crippen LogP contribution in [0.25, 0.3) is 6.08 Å². The van der Waals surface area contributed by atoms with Crippen molar-refractivity contribution in [3.8, 4) is 5.75 Å². The van der Waals surface area contributed by atoms with Gasteiger partial charge in [-0.05, 0) is 47.5 Å². The molecule has 2 N–H and O–H groups in total. The van der Waals surface area contributed by atoms with Crippen molar-refractivity contribution >= 4 is 34.9 Å². The van der Waals surface area contributed by atoms with E-state index in [4.69, 9.17) is 4.74 Å². The molecule has 7 nitrogen and oxygen atoms in total. The number of thioether (sulfide) groups is 1. The number of aliphatic hydroxyl groups excluding tert-OH is 1. The molecule has 3 amide bonds. The normalized spacial score (nSPS) is 15.9. The predicted octanol–water partition coefficient (Wildman–Crippen LogP) is 2.84. The Morgan fingerprint density at radius 3 is 2.68 bits per heavy atom. The number of carbonyl (C=O) groups is 3. The van der Waals surface area contributed by atoms with Crippen molar-refractivity contribution in [1.82, 2.24) is 10.2 Å². The molecule has 2 aromatic carbocycles. The molecule has 1 atom stereocenters. The molecule has 1 saturated heterocycles. The van der Waals surface area contributed by atoms with Gasteiger partial charge in [0.05, 0.1) is 24.7 Å². The average Bonchev–Trinajstić information content (AvgIpc) is 3.04. The summed E-state index contributed by atoms with van der Waals surface area (Å²) < 4.78 is 5.17. The first kappa shape index (κ1) is 22.6. The molecule has 1 heterocycles. The first-order valence-electron chi connectivity index (χ1n) is 9.83. The number of ether oxygens (including phenoxy) is 1. The first-order valence-corrected chi connectivity index (χ1v) is 10.7. The summed E-state index contributed by atoms with van der Waals surface area (Å²) in [4.78, 5) is 38.6. The molecule has 3 rings (SSSR count). The highest BCUT2D eigenvalue weighted by molar-refractivity contribution is 8.18. The van der Waals surface area contributed by atoms with Gasteiger partial charge in [0.1, 0.15) is 5.75 Å². The third-order valence-electron chi connectivity index (χ3n) is 4.74. The van der Waals surface area contributed by atoms with Crippen LogP contribution in [0.4, 0.5) is 4.79 Å². The van der Waals surface area contributed by atoms with Crippen LogP contribution in [0.2, 0.25) is 0 Å². The molecule has 0 unspecified atom stereocenters. The number of imide groups is 1. The van der Waals surface area contributed by atoms with Gasteiger partial charge in [0, 0.05) is 13.0 Å². The van der Waals surface area contributed by atoms with Gasteiger partial charge in [-0.2, -0.15) is 0 Å². The maximum Gasteiger partial charge on any atom is 0.293 e. The van der Waals surface area contributed by atoms with Crippen LogP contribution < -0.4 is 10.1 Å². The second-order valence-electron chi connectivity index (χ2n) is 7.00. The summed E-state index contributed by atoms with van der Waals surface area (Å²) >= 11 is 0.848. The van der Waals surface area contributed by atoms with Crippen molar-refractivity contribution < 1.29 is 24.2 Å². The van der Waals surface area contributed by atoms with Crippen molar-refractivity contribution in [2.45, 2.75) is 18.9 Å². The minimum Gasteiger partial charge on any atom is -0.497 e. The highest BCUT2D eigenvalue weighted by Gasteiger charge is 2.35. The van der Waals surface area contributed by atoms with Gasteiger partial charge in [-0.3, -0.25) is 19.3 Å². The van der Waals surface area contributed by atoms with E-state index in [1.165, 1.54) is 0 Å². The number of nitrogens with zero attached hydrogens (tertiary/aromatic N) is 1. The Bertz CT molecular complexity index is 977. The van der Waals surface area contributed by atoms with Crippen LogP contribution >= 0.6 is 11.8 Å². The summed E-state index contributed by atoms with van der Waals surface area (Å²) in [5, 5.41) is 11.9. The lowest BCUT2D eigenvalue weighted by Gasteiger charge is -2.18. The second-order valence-corrected chi connectivity index (χ2v) is 7.99. The number of nitrogens with one attached hydrogen (secondary N) is 1. The number of amides is 3. The second kappa shape index (κ2) is 10.8. The molecule has 162 valence electrons. The highest BCUT2D eigenvalue weighted by atomic mass is 32.2. The van der Waals surface area contributed by atoms with E-state index in [2.05, 4.69) is 5.32 Å².